The Labute approximate surface area is 216 Å². The average molecular weight is 572 g/mol. The summed E-state index contributed by atoms with van der Waals surface area (Å²) >= 11 is 0. The van der Waals surface area contributed by atoms with Crippen LogP contribution in [0, 0.1) is 5.92 Å². The largest absolute Gasteiger partial charge is 0.510 e. The van der Waals surface area contributed by atoms with Gasteiger partial charge >= 0.3 is 20.1 Å². The zero-order valence-corrected chi connectivity index (χ0v) is 21.3. The molecule has 1 unspecified atom stereocenters. The highest BCUT2D eigenvalue weighted by molar-refractivity contribution is 7.48. The highest BCUT2D eigenvalue weighted by Crippen LogP contribution is 2.51. The molecular formula is C20H30FN2O14P. The number of nitrogens with two attached hydrogens (primary N) is 1. The topological polar surface area (TPSA) is 199 Å². The van der Waals surface area contributed by atoms with E-state index in [1.54, 1.807) is 6.92 Å². The number of ether oxygens (including phenoxy) is 7. The minimum absolute atomic E-state index is 0.115. The third-order valence-electron chi connectivity index (χ3n) is 5.34. The number of alkyl halides is 1. The Kier molecular flexibility index (Phi) is 11.1. The van der Waals surface area contributed by atoms with Crippen LogP contribution in [0.5, 0.6) is 0 Å². The number of rotatable bonds is 15. The first-order chi connectivity index (χ1) is 18.1. The van der Waals surface area contributed by atoms with Crippen molar-refractivity contribution in [3.63, 3.8) is 0 Å². The fourth-order valence-electron chi connectivity index (χ4n) is 3.26. The second kappa shape index (κ2) is 14.0. The lowest BCUT2D eigenvalue weighted by atomic mass is 9.96. The summed E-state index contributed by atoms with van der Waals surface area (Å²) in [5, 5.41) is 2.77. The van der Waals surface area contributed by atoms with Crippen molar-refractivity contribution in [1.29, 1.82) is 0 Å². The molecule has 0 radical (unpaired) electrons. The zero-order valence-electron chi connectivity index (χ0n) is 20.4. The minimum atomic E-state index is -4.63. The number of hydrogen-bond acceptors (Lipinski definition) is 15. The monoisotopic (exact) mass is 572 g/mol. The van der Waals surface area contributed by atoms with E-state index in [0.29, 0.717) is 0 Å². The molecule has 0 saturated carbocycles. The fraction of sp³-hybridized carbons (Fsp3) is 0.750. The summed E-state index contributed by atoms with van der Waals surface area (Å²) in [5.41, 5.74) is 3.46. The van der Waals surface area contributed by atoms with Crippen LogP contribution in [0.3, 0.4) is 0 Å². The molecule has 216 valence electrons. The summed E-state index contributed by atoms with van der Waals surface area (Å²) in [6.07, 6.45) is -1.51. The van der Waals surface area contributed by atoms with Crippen molar-refractivity contribution in [2.24, 2.45) is 11.7 Å². The molecule has 0 bridgehead atoms. The number of amides is 1. The molecule has 3 atom stereocenters. The van der Waals surface area contributed by atoms with Gasteiger partial charge in [0.2, 0.25) is 19.5 Å². The standard InChI is InChI=1S/C20H30FN2O14P/c1-13-4-20(9-21,37-17(13)23-3-2-16(22)24)10-32-38(27,33-11-30-18(25)35-14-5-28-6-14)34-12-31-19(26)36-15-7-29-8-15/h2-3,13-15,17,23H,4-12H2,1H3,(H2,22,24)/b3-2-/t13-,17?,20+/m0/s1. The van der Waals surface area contributed by atoms with Crippen LogP contribution in [0.25, 0.3) is 0 Å². The third kappa shape index (κ3) is 9.34. The summed E-state index contributed by atoms with van der Waals surface area (Å²) in [5.74, 6) is -0.965. The van der Waals surface area contributed by atoms with Crippen molar-refractivity contribution in [3.8, 4) is 0 Å². The lowest BCUT2D eigenvalue weighted by Crippen LogP contribution is -2.39. The Bertz CT molecular complexity index is 863. The number of halogens is 1. The molecule has 3 aliphatic heterocycles. The molecule has 1 amide bonds. The van der Waals surface area contributed by atoms with E-state index in [9.17, 15) is 23.3 Å². The minimum Gasteiger partial charge on any atom is -0.426 e. The Morgan fingerprint density at radius 2 is 1.58 bits per heavy atom. The first kappa shape index (κ1) is 30.0. The number of carbonyl (C=O) groups is 3. The highest BCUT2D eigenvalue weighted by Gasteiger charge is 2.47. The first-order valence-corrected chi connectivity index (χ1v) is 12.9. The Morgan fingerprint density at radius 1 is 1.03 bits per heavy atom. The molecule has 38 heavy (non-hydrogen) atoms. The van der Waals surface area contributed by atoms with Crippen molar-refractivity contribution in [2.75, 3.05) is 53.3 Å². The molecule has 3 saturated heterocycles. The summed E-state index contributed by atoms with van der Waals surface area (Å²) in [7, 11) is -4.63. The molecule has 3 aliphatic rings. The molecule has 3 rings (SSSR count). The molecule has 0 aromatic heterocycles. The van der Waals surface area contributed by atoms with E-state index in [0.717, 1.165) is 6.08 Å². The first-order valence-electron chi connectivity index (χ1n) is 11.4. The van der Waals surface area contributed by atoms with E-state index in [4.69, 9.17) is 43.0 Å². The Morgan fingerprint density at radius 3 is 2.03 bits per heavy atom. The van der Waals surface area contributed by atoms with Gasteiger partial charge in [0.05, 0.1) is 33.0 Å². The van der Waals surface area contributed by atoms with Gasteiger partial charge in [-0.2, -0.15) is 0 Å². The van der Waals surface area contributed by atoms with Crippen LogP contribution in [0.15, 0.2) is 12.3 Å². The van der Waals surface area contributed by atoms with Gasteiger partial charge in [-0.25, -0.2) is 27.6 Å². The number of nitrogens with one attached hydrogen (secondary N) is 1. The smallest absolute Gasteiger partial charge is 0.426 e. The summed E-state index contributed by atoms with van der Waals surface area (Å²) < 4.78 is 77.0. The van der Waals surface area contributed by atoms with Gasteiger partial charge in [0, 0.05) is 18.2 Å². The molecule has 16 nitrogen and oxygen atoms in total. The second-order valence-electron chi connectivity index (χ2n) is 8.50. The SMILES string of the molecule is C[C@H]1C[C@@](CF)(COP(=O)(OCOC(=O)OC2COC2)OCOC(=O)OC2COC2)OC1N/C=C\C(N)=O. The maximum Gasteiger partial charge on any atom is 0.510 e. The number of primary amides is 1. The van der Waals surface area contributed by atoms with Gasteiger partial charge in [-0.1, -0.05) is 6.92 Å². The zero-order chi connectivity index (χ0) is 27.6. The van der Waals surface area contributed by atoms with Crippen LogP contribution in [-0.2, 0) is 56.1 Å². The van der Waals surface area contributed by atoms with E-state index in [-0.39, 0.29) is 38.8 Å². The highest BCUT2D eigenvalue weighted by atomic mass is 31.2. The van der Waals surface area contributed by atoms with E-state index >= 15 is 0 Å². The van der Waals surface area contributed by atoms with Gasteiger partial charge in [0.25, 0.3) is 0 Å². The number of hydrogen-bond donors (Lipinski definition) is 2. The average Bonchev–Trinajstić information content (AvgIpc) is 3.13. The van der Waals surface area contributed by atoms with Gasteiger partial charge in [-0.15, -0.1) is 0 Å². The quantitative estimate of drug-likeness (QED) is 0.121. The predicted molar refractivity (Wildman–Crippen MR) is 119 cm³/mol. The molecule has 0 aromatic carbocycles. The van der Waals surface area contributed by atoms with Gasteiger partial charge < -0.3 is 44.2 Å². The number of phosphoric acid groups is 1. The van der Waals surface area contributed by atoms with Crippen LogP contribution >= 0.6 is 7.82 Å². The predicted octanol–water partition coefficient (Wildman–Crippen LogP) is 0.843. The molecule has 18 heteroatoms. The molecule has 0 spiro atoms. The molecule has 0 aliphatic carbocycles. The maximum atomic E-state index is 14.1. The second-order valence-corrected chi connectivity index (χ2v) is 10.2. The molecule has 3 N–H and O–H groups in total. The van der Waals surface area contributed by atoms with E-state index in [1.165, 1.54) is 6.20 Å². The molecule has 0 aromatic rings. The van der Waals surface area contributed by atoms with Gasteiger partial charge in [0.15, 0.2) is 12.2 Å². The van der Waals surface area contributed by atoms with Crippen molar-refractivity contribution in [2.45, 2.75) is 37.4 Å². The van der Waals surface area contributed by atoms with Crippen molar-refractivity contribution in [3.05, 3.63) is 12.3 Å². The maximum absolute atomic E-state index is 14.1. The summed E-state index contributed by atoms with van der Waals surface area (Å²) in [6.45, 7) is -0.968. The van der Waals surface area contributed by atoms with Crippen molar-refractivity contribution in [1.82, 2.24) is 5.32 Å². The van der Waals surface area contributed by atoms with Crippen molar-refractivity contribution >= 4 is 26.0 Å². The lowest BCUT2D eigenvalue weighted by molar-refractivity contribution is -0.127. The van der Waals surface area contributed by atoms with Crippen LogP contribution in [-0.4, -0.2) is 95.5 Å². The van der Waals surface area contributed by atoms with E-state index < -0.39 is 76.9 Å². The summed E-state index contributed by atoms with van der Waals surface area (Å²) in [6, 6.07) is 0. The summed E-state index contributed by atoms with van der Waals surface area (Å²) in [4.78, 5) is 34.2. The van der Waals surface area contributed by atoms with Crippen LogP contribution in [0.1, 0.15) is 13.3 Å². The van der Waals surface area contributed by atoms with Crippen molar-refractivity contribution < 1.29 is 70.1 Å². The Balaban J connectivity index is 1.54. The van der Waals surface area contributed by atoms with Crippen LogP contribution < -0.4 is 11.1 Å². The van der Waals surface area contributed by atoms with Gasteiger partial charge in [-0.05, 0) is 6.42 Å². The van der Waals surface area contributed by atoms with E-state index in [2.05, 4.69) is 14.8 Å². The fourth-order valence-corrected chi connectivity index (χ4v) is 4.24. The number of phosphoric ester groups is 1. The Hall–Kier alpha value is -2.53. The molecule has 3 fully saturated rings. The molecular weight excluding hydrogens is 542 g/mol. The van der Waals surface area contributed by atoms with Crippen LogP contribution in [0.2, 0.25) is 0 Å². The van der Waals surface area contributed by atoms with Gasteiger partial charge in [0.1, 0.15) is 18.5 Å². The normalized spacial score (nSPS) is 25.8. The van der Waals surface area contributed by atoms with E-state index in [1.807, 2.05) is 0 Å². The number of carbonyl (C=O) groups excluding carboxylic acids is 3. The third-order valence-corrected chi connectivity index (χ3v) is 6.63. The van der Waals surface area contributed by atoms with Crippen LogP contribution in [0.4, 0.5) is 14.0 Å². The molecule has 3 heterocycles. The lowest BCUT2D eigenvalue weighted by Gasteiger charge is -2.28. The van der Waals surface area contributed by atoms with Gasteiger partial charge in [-0.3, -0.25) is 9.32 Å².